The first-order chi connectivity index (χ1) is 9.75. The molecule has 1 aromatic heterocycles. The summed E-state index contributed by atoms with van der Waals surface area (Å²) in [6, 6.07) is 8.96. The van der Waals surface area contributed by atoms with Crippen LogP contribution in [0, 0.1) is 12.7 Å². The van der Waals surface area contributed by atoms with Crippen LogP contribution in [0.3, 0.4) is 0 Å². The van der Waals surface area contributed by atoms with Crippen LogP contribution in [0.4, 0.5) is 4.39 Å². The van der Waals surface area contributed by atoms with E-state index in [0.717, 1.165) is 43.1 Å². The van der Waals surface area contributed by atoms with Crippen LogP contribution in [0.5, 0.6) is 0 Å². The summed E-state index contributed by atoms with van der Waals surface area (Å²) >= 11 is 0. The summed E-state index contributed by atoms with van der Waals surface area (Å²) in [5.74, 6) is 0.728. The van der Waals surface area contributed by atoms with Crippen LogP contribution in [0.1, 0.15) is 22.9 Å². The number of nitrogens with zero attached hydrogens (tertiary/aromatic N) is 1. The molecule has 1 atom stereocenters. The minimum absolute atomic E-state index is 0. The maximum Gasteiger partial charge on any atom is 0.125 e. The Bertz CT molecular complexity index is 568. The van der Waals surface area contributed by atoms with Crippen molar-refractivity contribution < 1.29 is 8.81 Å². The lowest BCUT2D eigenvalue weighted by atomic mass is 9.97. The molecular formula is C16H20ClFN2O. The number of halogens is 2. The molecule has 5 heteroatoms. The van der Waals surface area contributed by atoms with Gasteiger partial charge in [-0.25, -0.2) is 4.39 Å². The number of hydrogen-bond donors (Lipinski definition) is 1. The highest BCUT2D eigenvalue weighted by Crippen LogP contribution is 2.31. The smallest absolute Gasteiger partial charge is 0.125 e. The normalized spacial score (nSPS) is 17.2. The Labute approximate surface area is 130 Å². The van der Waals surface area contributed by atoms with Crippen molar-refractivity contribution in [1.82, 2.24) is 10.2 Å². The predicted molar refractivity (Wildman–Crippen MR) is 83.4 cm³/mol. The monoisotopic (exact) mass is 310 g/mol. The van der Waals surface area contributed by atoms with Crippen LogP contribution in [0.25, 0.3) is 0 Å². The zero-order chi connectivity index (χ0) is 13.9. The van der Waals surface area contributed by atoms with Crippen molar-refractivity contribution in [2.45, 2.75) is 13.0 Å². The van der Waals surface area contributed by atoms with Crippen molar-refractivity contribution in [1.29, 1.82) is 0 Å². The van der Waals surface area contributed by atoms with Gasteiger partial charge in [-0.2, -0.15) is 0 Å². The molecule has 0 bridgehead atoms. The van der Waals surface area contributed by atoms with Gasteiger partial charge in [0.1, 0.15) is 11.6 Å². The minimum Gasteiger partial charge on any atom is -0.467 e. The first-order valence-corrected chi connectivity index (χ1v) is 7.00. The summed E-state index contributed by atoms with van der Waals surface area (Å²) in [7, 11) is 0. The van der Waals surface area contributed by atoms with Gasteiger partial charge in [0.15, 0.2) is 0 Å². The molecule has 1 aliphatic heterocycles. The van der Waals surface area contributed by atoms with Crippen LogP contribution < -0.4 is 5.32 Å². The molecule has 0 aliphatic carbocycles. The predicted octanol–water partition coefficient (Wildman–Crippen LogP) is 3.14. The van der Waals surface area contributed by atoms with Crippen molar-refractivity contribution in [2.24, 2.45) is 0 Å². The van der Waals surface area contributed by atoms with Gasteiger partial charge in [-0.15, -0.1) is 12.4 Å². The largest absolute Gasteiger partial charge is 0.467 e. The average Bonchev–Trinajstić information content (AvgIpc) is 2.97. The van der Waals surface area contributed by atoms with E-state index in [-0.39, 0.29) is 24.3 Å². The van der Waals surface area contributed by atoms with Gasteiger partial charge in [0.25, 0.3) is 0 Å². The minimum atomic E-state index is -0.190. The van der Waals surface area contributed by atoms with E-state index in [9.17, 15) is 4.39 Å². The van der Waals surface area contributed by atoms with Gasteiger partial charge >= 0.3 is 0 Å². The Kier molecular flexibility index (Phi) is 5.39. The molecule has 2 heterocycles. The summed E-state index contributed by atoms with van der Waals surface area (Å²) in [4.78, 5) is 2.38. The molecule has 3 nitrogen and oxygen atoms in total. The van der Waals surface area contributed by atoms with Gasteiger partial charge in [-0.05, 0) is 42.3 Å². The van der Waals surface area contributed by atoms with E-state index in [4.69, 9.17) is 4.42 Å². The molecule has 1 fully saturated rings. The maximum atomic E-state index is 13.3. The van der Waals surface area contributed by atoms with E-state index in [1.165, 1.54) is 6.07 Å². The third kappa shape index (κ3) is 3.46. The lowest BCUT2D eigenvalue weighted by Gasteiger charge is -2.34. The Morgan fingerprint density at radius 1 is 1.24 bits per heavy atom. The third-order valence-corrected chi connectivity index (χ3v) is 3.86. The summed E-state index contributed by atoms with van der Waals surface area (Å²) in [5, 5.41) is 3.36. The van der Waals surface area contributed by atoms with Crippen molar-refractivity contribution in [3.05, 3.63) is 59.3 Å². The molecule has 1 saturated heterocycles. The van der Waals surface area contributed by atoms with Crippen LogP contribution in [0.2, 0.25) is 0 Å². The van der Waals surface area contributed by atoms with Crippen molar-refractivity contribution in [3.8, 4) is 0 Å². The number of rotatable bonds is 3. The van der Waals surface area contributed by atoms with Gasteiger partial charge in [-0.1, -0.05) is 6.07 Å². The topological polar surface area (TPSA) is 28.4 Å². The Balaban J connectivity index is 0.00000161. The average molecular weight is 311 g/mol. The molecule has 0 spiro atoms. The molecule has 1 aliphatic rings. The summed E-state index contributed by atoms with van der Waals surface area (Å²) in [6.45, 7) is 5.82. The summed E-state index contributed by atoms with van der Waals surface area (Å²) in [6.07, 6.45) is 1.70. The lowest BCUT2D eigenvalue weighted by molar-refractivity contribution is 0.179. The van der Waals surface area contributed by atoms with E-state index in [1.807, 2.05) is 25.1 Å². The highest BCUT2D eigenvalue weighted by molar-refractivity contribution is 5.85. The number of furan rings is 1. The van der Waals surface area contributed by atoms with E-state index in [2.05, 4.69) is 10.2 Å². The number of piperazine rings is 1. The maximum absolute atomic E-state index is 13.3. The quantitative estimate of drug-likeness (QED) is 0.944. The fourth-order valence-corrected chi connectivity index (χ4v) is 2.86. The van der Waals surface area contributed by atoms with Crippen LogP contribution >= 0.6 is 12.4 Å². The second-order valence-corrected chi connectivity index (χ2v) is 5.20. The van der Waals surface area contributed by atoms with Gasteiger partial charge in [0, 0.05) is 26.2 Å². The molecule has 2 aromatic rings. The summed E-state index contributed by atoms with van der Waals surface area (Å²) < 4.78 is 19.0. The van der Waals surface area contributed by atoms with Crippen molar-refractivity contribution >= 4 is 12.4 Å². The van der Waals surface area contributed by atoms with Crippen LogP contribution in [0.15, 0.2) is 41.0 Å². The molecule has 21 heavy (non-hydrogen) atoms. The van der Waals surface area contributed by atoms with Gasteiger partial charge in [0.2, 0.25) is 0 Å². The number of hydrogen-bond acceptors (Lipinski definition) is 3. The lowest BCUT2D eigenvalue weighted by Crippen LogP contribution is -2.45. The second-order valence-electron chi connectivity index (χ2n) is 5.20. The molecule has 114 valence electrons. The Morgan fingerprint density at radius 2 is 2.00 bits per heavy atom. The molecule has 0 amide bonds. The first kappa shape index (κ1) is 16.0. The van der Waals surface area contributed by atoms with Crippen molar-refractivity contribution in [2.75, 3.05) is 26.2 Å². The molecule has 1 N–H and O–H groups in total. The first-order valence-electron chi connectivity index (χ1n) is 7.00. The van der Waals surface area contributed by atoms with E-state index in [0.29, 0.717) is 0 Å². The van der Waals surface area contributed by atoms with Gasteiger partial charge in [-0.3, -0.25) is 4.90 Å². The highest BCUT2D eigenvalue weighted by atomic mass is 35.5. The Morgan fingerprint density at radius 3 is 2.62 bits per heavy atom. The van der Waals surface area contributed by atoms with Crippen LogP contribution in [-0.4, -0.2) is 31.1 Å². The SMILES string of the molecule is Cc1cc(F)ccc1[C@H](c1ccco1)N1CCNCC1.Cl. The molecule has 0 unspecified atom stereocenters. The fourth-order valence-electron chi connectivity index (χ4n) is 2.86. The van der Waals surface area contributed by atoms with E-state index < -0.39 is 0 Å². The molecule has 0 radical (unpaired) electrons. The molecule has 1 aromatic carbocycles. The van der Waals surface area contributed by atoms with Gasteiger partial charge < -0.3 is 9.73 Å². The zero-order valence-corrected chi connectivity index (χ0v) is 12.8. The Hall–Kier alpha value is -1.36. The number of aryl methyl sites for hydroxylation is 1. The standard InChI is InChI=1S/C16H19FN2O.ClH/c1-12-11-13(17)4-5-14(12)16(15-3-2-10-20-15)19-8-6-18-7-9-19;/h2-5,10-11,16,18H,6-9H2,1H3;1H/t16-;/m1./s1. The van der Waals surface area contributed by atoms with E-state index >= 15 is 0 Å². The van der Waals surface area contributed by atoms with Crippen molar-refractivity contribution in [3.63, 3.8) is 0 Å². The number of nitrogens with one attached hydrogen (secondary N) is 1. The van der Waals surface area contributed by atoms with E-state index in [1.54, 1.807) is 12.3 Å². The van der Waals surface area contributed by atoms with Crippen LogP contribution in [-0.2, 0) is 0 Å². The summed E-state index contributed by atoms with van der Waals surface area (Å²) in [5.41, 5.74) is 2.08. The second kappa shape index (κ2) is 7.07. The third-order valence-electron chi connectivity index (χ3n) is 3.86. The zero-order valence-electron chi connectivity index (χ0n) is 12.0. The molecule has 3 rings (SSSR count). The fraction of sp³-hybridized carbons (Fsp3) is 0.375. The molecular weight excluding hydrogens is 291 g/mol. The van der Waals surface area contributed by atoms with Gasteiger partial charge in [0.05, 0.1) is 12.3 Å². The number of benzene rings is 1. The highest BCUT2D eigenvalue weighted by Gasteiger charge is 2.27. The molecule has 0 saturated carbocycles.